The number of carbonyl (C=O) groups excluding carboxylic acids is 2. The summed E-state index contributed by atoms with van der Waals surface area (Å²) in [5, 5.41) is 0. The number of halogens is 1. The van der Waals surface area contributed by atoms with Crippen LogP contribution < -0.4 is 0 Å². The van der Waals surface area contributed by atoms with Gasteiger partial charge in [0.25, 0.3) is 5.91 Å². The molecule has 1 fully saturated rings. The minimum Gasteiger partial charge on any atom is -0.314 e. The molecule has 0 spiro atoms. The zero-order chi connectivity index (χ0) is 13.6. The number of likely N-dealkylation sites (N-methyl/N-ethyl adjacent to an activating group) is 1. The number of pyridine rings is 1. The Morgan fingerprint density at radius 2 is 2.26 bits per heavy atom. The Labute approximate surface area is 114 Å². The second-order valence-electron chi connectivity index (χ2n) is 4.41. The monoisotopic (exact) mass is 278 g/mol. The summed E-state index contributed by atoms with van der Waals surface area (Å²) in [5.41, 5.74) is 1.44. The normalized spacial score (nSPS) is 19.7. The average Bonchev–Trinajstić information content (AvgIpc) is 2.91. The van der Waals surface area contributed by atoms with Gasteiger partial charge in [-0.05, 0) is 6.07 Å². The summed E-state index contributed by atoms with van der Waals surface area (Å²) in [7, 11) is 1.49. The molecular formula is C12H11ClN4O2. The van der Waals surface area contributed by atoms with E-state index in [-0.39, 0.29) is 24.1 Å². The van der Waals surface area contributed by atoms with Crippen LogP contribution in [0.2, 0.25) is 0 Å². The summed E-state index contributed by atoms with van der Waals surface area (Å²) in [6.07, 6.45) is 3.39. The molecule has 1 unspecified atom stereocenters. The van der Waals surface area contributed by atoms with Gasteiger partial charge in [0.1, 0.15) is 17.4 Å². The number of hydrogen-bond donors (Lipinski definition) is 0. The lowest BCUT2D eigenvalue weighted by Crippen LogP contribution is -2.27. The van der Waals surface area contributed by atoms with Gasteiger partial charge in [0.05, 0.1) is 24.0 Å². The van der Waals surface area contributed by atoms with Gasteiger partial charge in [0.15, 0.2) is 0 Å². The molecule has 0 saturated carbocycles. The number of likely N-dealkylation sites (tertiary alicyclic amines) is 1. The molecule has 3 heterocycles. The Morgan fingerprint density at radius 1 is 1.47 bits per heavy atom. The number of aromatic nitrogens is 3. The Kier molecular flexibility index (Phi) is 2.74. The third kappa shape index (κ3) is 1.71. The van der Waals surface area contributed by atoms with Crippen molar-refractivity contribution >= 4 is 34.4 Å². The van der Waals surface area contributed by atoms with E-state index >= 15 is 0 Å². The summed E-state index contributed by atoms with van der Waals surface area (Å²) >= 11 is 5.89. The molecule has 1 atom stereocenters. The van der Waals surface area contributed by atoms with E-state index in [4.69, 9.17) is 11.6 Å². The van der Waals surface area contributed by atoms with E-state index in [0.717, 1.165) is 10.4 Å². The third-order valence-electron chi connectivity index (χ3n) is 3.35. The van der Waals surface area contributed by atoms with Gasteiger partial charge in [-0.2, -0.15) is 0 Å². The second-order valence-corrected chi connectivity index (χ2v) is 4.67. The summed E-state index contributed by atoms with van der Waals surface area (Å²) in [4.78, 5) is 33.3. The molecule has 1 aliphatic heterocycles. The van der Waals surface area contributed by atoms with Crippen molar-refractivity contribution in [2.75, 3.05) is 7.05 Å². The van der Waals surface area contributed by atoms with E-state index in [1.54, 1.807) is 23.0 Å². The molecule has 1 saturated heterocycles. The topological polar surface area (TPSA) is 68.1 Å². The van der Waals surface area contributed by atoms with E-state index in [1.807, 2.05) is 0 Å². The van der Waals surface area contributed by atoms with E-state index in [9.17, 15) is 9.59 Å². The number of imide groups is 1. The third-order valence-corrected chi connectivity index (χ3v) is 3.59. The minimum absolute atomic E-state index is 0.146. The highest BCUT2D eigenvalue weighted by atomic mass is 35.5. The van der Waals surface area contributed by atoms with Crippen molar-refractivity contribution < 1.29 is 9.59 Å². The van der Waals surface area contributed by atoms with Crippen LogP contribution in [-0.4, -0.2) is 38.3 Å². The molecule has 0 N–H and O–H groups in total. The number of fused-ring (bicyclic) bond motifs is 1. The summed E-state index contributed by atoms with van der Waals surface area (Å²) < 4.78 is 1.74. The Morgan fingerprint density at radius 3 is 2.89 bits per heavy atom. The fraction of sp³-hybridized carbons (Fsp3) is 0.333. The molecule has 19 heavy (non-hydrogen) atoms. The maximum Gasteiger partial charge on any atom is 0.252 e. The molecule has 2 aromatic heterocycles. The van der Waals surface area contributed by atoms with Crippen molar-refractivity contribution in [2.45, 2.75) is 18.3 Å². The lowest BCUT2D eigenvalue weighted by molar-refractivity contribution is -0.137. The van der Waals surface area contributed by atoms with Crippen molar-refractivity contribution in [1.29, 1.82) is 0 Å². The van der Waals surface area contributed by atoms with Gasteiger partial charge >= 0.3 is 0 Å². The molecule has 0 bridgehead atoms. The van der Waals surface area contributed by atoms with Crippen LogP contribution in [0.25, 0.3) is 11.0 Å². The van der Waals surface area contributed by atoms with Crippen molar-refractivity contribution in [3.05, 3.63) is 24.3 Å². The van der Waals surface area contributed by atoms with Gasteiger partial charge in [0, 0.05) is 13.2 Å². The predicted octanol–water partition coefficient (Wildman–Crippen LogP) is 1.10. The lowest BCUT2D eigenvalue weighted by atomic mass is 10.2. The molecule has 6 nitrogen and oxygen atoms in total. The molecule has 0 aromatic carbocycles. The molecule has 2 amide bonds. The quantitative estimate of drug-likeness (QED) is 0.609. The summed E-state index contributed by atoms with van der Waals surface area (Å²) in [6.45, 7) is 0. The van der Waals surface area contributed by atoms with Crippen molar-refractivity contribution in [2.24, 2.45) is 0 Å². The standard InChI is InChI=1S/C12H11ClN4O2/c1-16-11(18)4-9(12(16)19)17-8-2-3-14-6-7(8)15-10(17)5-13/h2-3,6,9H,4-5H2,1H3. The summed E-state index contributed by atoms with van der Waals surface area (Å²) in [6, 6.07) is 1.22. The number of carbonyl (C=O) groups is 2. The molecule has 7 heteroatoms. The fourth-order valence-electron chi connectivity index (χ4n) is 2.38. The summed E-state index contributed by atoms with van der Waals surface area (Å²) in [5.74, 6) is 0.334. The highest BCUT2D eigenvalue weighted by Crippen LogP contribution is 2.29. The first kappa shape index (κ1) is 12.1. The van der Waals surface area contributed by atoms with Gasteiger partial charge in [-0.1, -0.05) is 0 Å². The van der Waals surface area contributed by atoms with E-state index in [0.29, 0.717) is 11.3 Å². The van der Waals surface area contributed by atoms with Crippen LogP contribution >= 0.6 is 11.6 Å². The van der Waals surface area contributed by atoms with Gasteiger partial charge in [-0.3, -0.25) is 19.5 Å². The first-order valence-electron chi connectivity index (χ1n) is 5.80. The Hall–Kier alpha value is -1.95. The largest absolute Gasteiger partial charge is 0.314 e. The number of alkyl halides is 1. The van der Waals surface area contributed by atoms with Crippen molar-refractivity contribution in [1.82, 2.24) is 19.4 Å². The number of rotatable bonds is 2. The average molecular weight is 279 g/mol. The maximum atomic E-state index is 12.1. The van der Waals surface area contributed by atoms with Gasteiger partial charge < -0.3 is 4.57 Å². The zero-order valence-electron chi connectivity index (χ0n) is 10.2. The van der Waals surface area contributed by atoms with Crippen LogP contribution in [0, 0.1) is 0 Å². The lowest BCUT2D eigenvalue weighted by Gasteiger charge is -2.13. The highest BCUT2D eigenvalue weighted by molar-refractivity contribution is 6.17. The number of imidazole rings is 1. The molecule has 1 aliphatic rings. The Balaban J connectivity index is 2.19. The van der Waals surface area contributed by atoms with Crippen LogP contribution in [0.1, 0.15) is 18.3 Å². The maximum absolute atomic E-state index is 12.1. The molecule has 3 rings (SSSR count). The van der Waals surface area contributed by atoms with Crippen LogP contribution in [0.4, 0.5) is 0 Å². The first-order valence-corrected chi connectivity index (χ1v) is 6.34. The SMILES string of the molecule is CN1C(=O)CC(n2c(CCl)nc3cnccc32)C1=O. The predicted molar refractivity (Wildman–Crippen MR) is 68.5 cm³/mol. The van der Waals surface area contributed by atoms with Crippen molar-refractivity contribution in [3.8, 4) is 0 Å². The van der Waals surface area contributed by atoms with E-state index in [2.05, 4.69) is 9.97 Å². The van der Waals surface area contributed by atoms with Crippen LogP contribution in [0.3, 0.4) is 0 Å². The minimum atomic E-state index is -0.557. The fourth-order valence-corrected chi connectivity index (χ4v) is 2.57. The Bertz CT molecular complexity index is 681. The van der Waals surface area contributed by atoms with Gasteiger partial charge in [-0.15, -0.1) is 11.6 Å². The van der Waals surface area contributed by atoms with Crippen LogP contribution in [0.15, 0.2) is 18.5 Å². The van der Waals surface area contributed by atoms with Crippen LogP contribution in [-0.2, 0) is 15.5 Å². The van der Waals surface area contributed by atoms with Gasteiger partial charge in [0.2, 0.25) is 5.91 Å². The zero-order valence-corrected chi connectivity index (χ0v) is 11.0. The number of amides is 2. The van der Waals surface area contributed by atoms with Crippen molar-refractivity contribution in [3.63, 3.8) is 0 Å². The highest BCUT2D eigenvalue weighted by Gasteiger charge is 2.38. The molecule has 98 valence electrons. The van der Waals surface area contributed by atoms with Crippen LogP contribution in [0.5, 0.6) is 0 Å². The number of nitrogens with zero attached hydrogens (tertiary/aromatic N) is 4. The molecule has 2 aromatic rings. The van der Waals surface area contributed by atoms with E-state index in [1.165, 1.54) is 7.05 Å². The van der Waals surface area contributed by atoms with Gasteiger partial charge in [-0.25, -0.2) is 4.98 Å². The molecule has 0 aliphatic carbocycles. The molecule has 0 radical (unpaired) electrons. The number of hydrogen-bond acceptors (Lipinski definition) is 4. The molecular weight excluding hydrogens is 268 g/mol. The van der Waals surface area contributed by atoms with E-state index < -0.39 is 6.04 Å². The smallest absolute Gasteiger partial charge is 0.252 e. The second kappa shape index (κ2) is 4.31. The first-order chi connectivity index (χ1) is 9.13.